The number of benzene rings is 1. The summed E-state index contributed by atoms with van der Waals surface area (Å²) in [5.74, 6) is 0. The van der Waals surface area contributed by atoms with Crippen molar-refractivity contribution in [2.45, 2.75) is 12.8 Å². The lowest BCUT2D eigenvalue weighted by Gasteiger charge is -1.99. The maximum atomic E-state index is 3.80. The molecule has 0 radical (unpaired) electrons. The third-order valence-electron chi connectivity index (χ3n) is 1.35. The average molecular weight is 198 g/mol. The molecule has 0 aliphatic rings. The van der Waals surface area contributed by atoms with Gasteiger partial charge >= 0.3 is 0 Å². The highest BCUT2D eigenvalue weighted by molar-refractivity contribution is 9.10. The molecule has 0 heterocycles. The molecular weight excluding hydrogens is 188 g/mol. The van der Waals surface area contributed by atoms with Crippen molar-refractivity contribution in [2.24, 2.45) is 0 Å². The van der Waals surface area contributed by atoms with Crippen LogP contribution in [0.3, 0.4) is 0 Å². The molecule has 10 heavy (non-hydrogen) atoms. The Balaban J connectivity index is 2.75. The molecule has 0 amide bonds. The van der Waals surface area contributed by atoms with E-state index in [2.05, 4.69) is 41.1 Å². The fourth-order valence-electron chi connectivity index (χ4n) is 0.897. The second-order valence-corrected chi connectivity index (χ2v) is 3.15. The molecule has 0 saturated heterocycles. The van der Waals surface area contributed by atoms with Crippen LogP contribution in [0.2, 0.25) is 0 Å². The van der Waals surface area contributed by atoms with E-state index in [1.54, 1.807) is 0 Å². The van der Waals surface area contributed by atoms with Gasteiger partial charge in [0.2, 0.25) is 0 Å². The number of hydrogen-bond donors (Lipinski definition) is 0. The van der Waals surface area contributed by atoms with Crippen LogP contribution < -0.4 is 0 Å². The van der Waals surface area contributed by atoms with Gasteiger partial charge in [-0.1, -0.05) is 34.5 Å². The van der Waals surface area contributed by atoms with Crippen molar-refractivity contribution in [1.82, 2.24) is 0 Å². The Morgan fingerprint density at radius 2 is 2.20 bits per heavy atom. The standard InChI is InChI=1S/C9H10Br/c1-2-4-8-5-3-6-9(10)7-8/h3,5-7H,1-2,4H2/q-1. The van der Waals surface area contributed by atoms with Crippen LogP contribution in [0.15, 0.2) is 28.7 Å². The summed E-state index contributed by atoms with van der Waals surface area (Å²) in [6.45, 7) is 3.80. The van der Waals surface area contributed by atoms with Gasteiger partial charge in [0.15, 0.2) is 0 Å². The largest absolute Gasteiger partial charge is 0.343 e. The van der Waals surface area contributed by atoms with E-state index in [4.69, 9.17) is 0 Å². The summed E-state index contributed by atoms with van der Waals surface area (Å²) in [5, 5.41) is 0. The topological polar surface area (TPSA) is 0 Å². The fraction of sp³-hybridized carbons (Fsp3) is 0.222. The Bertz CT molecular complexity index is 206. The molecule has 0 aliphatic heterocycles. The van der Waals surface area contributed by atoms with E-state index < -0.39 is 0 Å². The minimum Gasteiger partial charge on any atom is -0.343 e. The van der Waals surface area contributed by atoms with E-state index in [-0.39, 0.29) is 0 Å². The summed E-state index contributed by atoms with van der Waals surface area (Å²) in [6.07, 6.45) is 2.04. The van der Waals surface area contributed by atoms with Gasteiger partial charge in [-0.05, 0) is 17.7 Å². The molecule has 0 aromatic heterocycles. The fourth-order valence-corrected chi connectivity index (χ4v) is 1.34. The second-order valence-electron chi connectivity index (χ2n) is 2.23. The molecule has 0 bridgehead atoms. The molecule has 1 aromatic carbocycles. The van der Waals surface area contributed by atoms with Crippen LogP contribution in [-0.2, 0) is 6.42 Å². The highest BCUT2D eigenvalue weighted by Gasteiger charge is 1.88. The van der Waals surface area contributed by atoms with Gasteiger partial charge in [-0.3, -0.25) is 0 Å². The summed E-state index contributed by atoms with van der Waals surface area (Å²) in [4.78, 5) is 0. The number of aryl methyl sites for hydroxylation is 1. The maximum absolute atomic E-state index is 3.80. The molecule has 0 aliphatic carbocycles. The molecule has 0 spiro atoms. The lowest BCUT2D eigenvalue weighted by atomic mass is 10.1. The van der Waals surface area contributed by atoms with Crippen molar-refractivity contribution in [2.75, 3.05) is 0 Å². The van der Waals surface area contributed by atoms with Crippen LogP contribution >= 0.6 is 15.9 Å². The molecule has 54 valence electrons. The van der Waals surface area contributed by atoms with Gasteiger partial charge in [-0.25, -0.2) is 0 Å². The highest BCUT2D eigenvalue weighted by atomic mass is 79.9. The first-order chi connectivity index (χ1) is 4.83. The third-order valence-corrected chi connectivity index (χ3v) is 1.85. The van der Waals surface area contributed by atoms with E-state index >= 15 is 0 Å². The van der Waals surface area contributed by atoms with Gasteiger partial charge in [0.05, 0.1) is 0 Å². The molecule has 1 heteroatoms. The Hall–Kier alpha value is -0.300. The molecule has 0 saturated carbocycles. The first kappa shape index (κ1) is 7.80. The Labute approximate surface area is 70.4 Å². The maximum Gasteiger partial charge on any atom is 0.0177 e. The van der Waals surface area contributed by atoms with E-state index in [0.717, 1.165) is 17.3 Å². The van der Waals surface area contributed by atoms with Gasteiger partial charge < -0.3 is 6.92 Å². The smallest absolute Gasteiger partial charge is 0.0177 e. The van der Waals surface area contributed by atoms with Gasteiger partial charge in [-0.2, -0.15) is 6.42 Å². The molecular formula is C9H10Br-. The number of hydrogen-bond acceptors (Lipinski definition) is 0. The van der Waals surface area contributed by atoms with Crippen molar-refractivity contribution >= 4 is 15.9 Å². The van der Waals surface area contributed by atoms with Crippen molar-refractivity contribution in [3.05, 3.63) is 41.2 Å². The van der Waals surface area contributed by atoms with Gasteiger partial charge in [0, 0.05) is 4.47 Å². The molecule has 0 fully saturated rings. The summed E-state index contributed by atoms with van der Waals surface area (Å²) >= 11 is 3.41. The van der Waals surface area contributed by atoms with Crippen LogP contribution in [0.5, 0.6) is 0 Å². The Morgan fingerprint density at radius 3 is 2.80 bits per heavy atom. The number of halogens is 1. The van der Waals surface area contributed by atoms with Crippen molar-refractivity contribution in [3.63, 3.8) is 0 Å². The first-order valence-electron chi connectivity index (χ1n) is 3.36. The van der Waals surface area contributed by atoms with E-state index in [1.165, 1.54) is 5.56 Å². The van der Waals surface area contributed by atoms with Crippen LogP contribution in [0.4, 0.5) is 0 Å². The lowest BCUT2D eigenvalue weighted by molar-refractivity contribution is 0.998. The summed E-state index contributed by atoms with van der Waals surface area (Å²) in [7, 11) is 0. The predicted octanol–water partition coefficient (Wildman–Crippen LogP) is 3.22. The highest BCUT2D eigenvalue weighted by Crippen LogP contribution is 2.12. The van der Waals surface area contributed by atoms with Crippen LogP contribution in [-0.4, -0.2) is 0 Å². The molecule has 1 aromatic rings. The van der Waals surface area contributed by atoms with E-state index in [9.17, 15) is 0 Å². The predicted molar refractivity (Wildman–Crippen MR) is 47.8 cm³/mol. The molecule has 0 N–H and O–H groups in total. The van der Waals surface area contributed by atoms with Gasteiger partial charge in [-0.15, -0.1) is 0 Å². The zero-order chi connectivity index (χ0) is 7.40. The second kappa shape index (κ2) is 3.77. The van der Waals surface area contributed by atoms with Crippen molar-refractivity contribution < 1.29 is 0 Å². The zero-order valence-corrected chi connectivity index (χ0v) is 7.39. The number of rotatable bonds is 2. The normalized spacial score (nSPS) is 9.80. The third kappa shape index (κ3) is 2.14. The molecule has 0 atom stereocenters. The quantitative estimate of drug-likeness (QED) is 0.640. The van der Waals surface area contributed by atoms with Crippen molar-refractivity contribution in [1.29, 1.82) is 0 Å². The Kier molecular flexibility index (Phi) is 2.94. The molecule has 1 rings (SSSR count). The van der Waals surface area contributed by atoms with E-state index in [1.807, 2.05) is 6.07 Å². The molecule has 0 nitrogen and oxygen atoms in total. The van der Waals surface area contributed by atoms with Crippen LogP contribution in [0.1, 0.15) is 12.0 Å². The van der Waals surface area contributed by atoms with Crippen LogP contribution in [0.25, 0.3) is 0 Å². The van der Waals surface area contributed by atoms with Crippen molar-refractivity contribution in [3.8, 4) is 0 Å². The summed E-state index contributed by atoms with van der Waals surface area (Å²) in [6, 6.07) is 8.34. The van der Waals surface area contributed by atoms with E-state index in [0.29, 0.717) is 0 Å². The minimum atomic E-state index is 0.969. The summed E-state index contributed by atoms with van der Waals surface area (Å²) < 4.78 is 1.15. The first-order valence-corrected chi connectivity index (χ1v) is 4.16. The minimum absolute atomic E-state index is 0.969. The Morgan fingerprint density at radius 1 is 1.40 bits per heavy atom. The average Bonchev–Trinajstić information content (AvgIpc) is 1.88. The monoisotopic (exact) mass is 197 g/mol. The van der Waals surface area contributed by atoms with Crippen LogP contribution in [0, 0.1) is 6.92 Å². The van der Waals surface area contributed by atoms with Gasteiger partial charge in [0.1, 0.15) is 0 Å². The lowest BCUT2D eigenvalue weighted by Crippen LogP contribution is -1.80. The zero-order valence-electron chi connectivity index (χ0n) is 5.81. The van der Waals surface area contributed by atoms with Gasteiger partial charge in [0.25, 0.3) is 0 Å². The summed E-state index contributed by atoms with van der Waals surface area (Å²) in [5.41, 5.74) is 1.35. The molecule has 0 unspecified atom stereocenters. The SMILES string of the molecule is [CH2-]CCc1cccc(Br)c1.